The summed E-state index contributed by atoms with van der Waals surface area (Å²) in [5, 5.41) is 17.0. The van der Waals surface area contributed by atoms with Crippen LogP contribution >= 0.6 is 0 Å². The molecule has 1 aromatic heterocycles. The molecule has 6 nitrogen and oxygen atoms in total. The number of nitro groups is 1. The van der Waals surface area contributed by atoms with Gasteiger partial charge in [0.15, 0.2) is 0 Å². The van der Waals surface area contributed by atoms with Gasteiger partial charge in [-0.3, -0.25) is 10.1 Å². The van der Waals surface area contributed by atoms with E-state index in [1.807, 2.05) is 0 Å². The summed E-state index contributed by atoms with van der Waals surface area (Å²) >= 11 is 0. The first-order valence-corrected chi connectivity index (χ1v) is 6.21. The highest BCUT2D eigenvalue weighted by atomic mass is 16.6. The van der Waals surface area contributed by atoms with Gasteiger partial charge in [0.2, 0.25) is 0 Å². The summed E-state index contributed by atoms with van der Waals surface area (Å²) in [6, 6.07) is 3.29. The molecular formula is C12H18N4O2. The first kappa shape index (κ1) is 12.6. The van der Waals surface area contributed by atoms with Gasteiger partial charge >= 0.3 is 0 Å². The summed E-state index contributed by atoms with van der Waals surface area (Å²) < 4.78 is 0. The number of rotatable bonds is 4. The van der Waals surface area contributed by atoms with Crippen LogP contribution in [0.25, 0.3) is 0 Å². The molecule has 0 aliphatic heterocycles. The van der Waals surface area contributed by atoms with E-state index in [9.17, 15) is 10.1 Å². The maximum absolute atomic E-state index is 10.8. The molecule has 1 heterocycles. The predicted molar refractivity (Wildman–Crippen MR) is 70.9 cm³/mol. The number of hydrogen-bond donors (Lipinski definition) is 2. The molecular weight excluding hydrogens is 232 g/mol. The zero-order valence-corrected chi connectivity index (χ0v) is 10.6. The van der Waals surface area contributed by atoms with E-state index in [-0.39, 0.29) is 5.69 Å². The van der Waals surface area contributed by atoms with Gasteiger partial charge in [-0.05, 0) is 18.8 Å². The Morgan fingerprint density at radius 2 is 2.11 bits per heavy atom. The van der Waals surface area contributed by atoms with Gasteiger partial charge in [-0.15, -0.1) is 0 Å². The third kappa shape index (κ3) is 2.69. The quantitative estimate of drug-likeness (QED) is 0.634. The monoisotopic (exact) mass is 250 g/mol. The first-order chi connectivity index (χ1) is 8.60. The van der Waals surface area contributed by atoms with Gasteiger partial charge in [-0.25, -0.2) is 4.98 Å². The minimum atomic E-state index is -0.397. The second kappa shape index (κ2) is 5.20. The third-order valence-electron chi connectivity index (χ3n) is 3.47. The van der Waals surface area contributed by atoms with Crippen LogP contribution in [0.1, 0.15) is 26.2 Å². The molecule has 6 heteroatoms. The van der Waals surface area contributed by atoms with Crippen LogP contribution in [0.4, 0.5) is 17.3 Å². The number of nitrogens with one attached hydrogen (secondary N) is 2. The molecule has 2 N–H and O–H groups in total. The van der Waals surface area contributed by atoms with Crippen molar-refractivity contribution in [1.29, 1.82) is 0 Å². The van der Waals surface area contributed by atoms with Crippen molar-refractivity contribution >= 4 is 17.3 Å². The Hall–Kier alpha value is -1.85. The summed E-state index contributed by atoms with van der Waals surface area (Å²) in [4.78, 5) is 14.8. The second-order valence-corrected chi connectivity index (χ2v) is 4.76. The molecule has 0 aromatic carbocycles. The van der Waals surface area contributed by atoms with Crippen LogP contribution < -0.4 is 10.6 Å². The average Bonchev–Trinajstić information content (AvgIpc) is 2.74. The van der Waals surface area contributed by atoms with E-state index in [2.05, 4.69) is 22.5 Å². The maximum Gasteiger partial charge on any atom is 0.276 e. The lowest BCUT2D eigenvalue weighted by Crippen LogP contribution is -2.22. The van der Waals surface area contributed by atoms with Gasteiger partial charge < -0.3 is 10.6 Å². The van der Waals surface area contributed by atoms with Gasteiger partial charge in [-0.2, -0.15) is 0 Å². The highest BCUT2D eigenvalue weighted by Gasteiger charge is 2.24. The van der Waals surface area contributed by atoms with E-state index < -0.39 is 4.92 Å². The summed E-state index contributed by atoms with van der Waals surface area (Å²) in [6.07, 6.45) is 3.50. The molecule has 2 unspecified atom stereocenters. The molecule has 0 radical (unpaired) electrons. The van der Waals surface area contributed by atoms with Gasteiger partial charge in [0.1, 0.15) is 11.6 Å². The highest BCUT2D eigenvalue weighted by molar-refractivity contribution is 5.54. The minimum absolute atomic E-state index is 0.0579. The highest BCUT2D eigenvalue weighted by Crippen LogP contribution is 2.29. The van der Waals surface area contributed by atoms with E-state index >= 15 is 0 Å². The molecule has 2 rings (SSSR count). The maximum atomic E-state index is 10.8. The fourth-order valence-electron chi connectivity index (χ4n) is 2.37. The zero-order valence-electron chi connectivity index (χ0n) is 10.6. The minimum Gasteiger partial charge on any atom is -0.373 e. The summed E-state index contributed by atoms with van der Waals surface area (Å²) in [5.41, 5.74) is 0.0579. The number of hydrogen-bond acceptors (Lipinski definition) is 5. The first-order valence-electron chi connectivity index (χ1n) is 6.21. The number of anilines is 2. The molecule has 0 amide bonds. The number of aromatic nitrogens is 1. The molecule has 2 atom stereocenters. The molecule has 98 valence electrons. The summed E-state index contributed by atoms with van der Waals surface area (Å²) in [6.45, 7) is 2.20. The number of pyridine rings is 1. The Balaban J connectivity index is 2.21. The van der Waals surface area contributed by atoms with Crippen molar-refractivity contribution < 1.29 is 4.92 Å². The lowest BCUT2D eigenvalue weighted by molar-refractivity contribution is -0.384. The topological polar surface area (TPSA) is 80.1 Å². The van der Waals surface area contributed by atoms with Crippen molar-refractivity contribution in [1.82, 2.24) is 4.98 Å². The Bertz CT molecular complexity index is 450. The fourth-order valence-corrected chi connectivity index (χ4v) is 2.37. The molecule has 1 fully saturated rings. The fraction of sp³-hybridized carbons (Fsp3) is 0.583. The van der Waals surface area contributed by atoms with Crippen LogP contribution in [0.3, 0.4) is 0 Å². The van der Waals surface area contributed by atoms with E-state index in [0.717, 1.165) is 6.42 Å². The van der Waals surface area contributed by atoms with Crippen molar-refractivity contribution in [3.8, 4) is 0 Å². The van der Waals surface area contributed by atoms with E-state index in [1.165, 1.54) is 25.0 Å². The van der Waals surface area contributed by atoms with Crippen LogP contribution in [0.15, 0.2) is 12.1 Å². The molecule has 0 bridgehead atoms. The van der Waals surface area contributed by atoms with Gasteiger partial charge in [0, 0.05) is 13.1 Å². The Morgan fingerprint density at radius 3 is 2.67 bits per heavy atom. The molecule has 1 aliphatic carbocycles. The van der Waals surface area contributed by atoms with E-state index in [1.54, 1.807) is 7.05 Å². The molecule has 1 aliphatic rings. The van der Waals surface area contributed by atoms with Crippen molar-refractivity contribution in [3.63, 3.8) is 0 Å². The Labute approximate surface area is 106 Å². The van der Waals surface area contributed by atoms with Crippen LogP contribution in [0.5, 0.6) is 0 Å². The molecule has 1 saturated carbocycles. The van der Waals surface area contributed by atoms with Crippen molar-refractivity contribution in [2.45, 2.75) is 32.2 Å². The van der Waals surface area contributed by atoms with E-state index in [4.69, 9.17) is 0 Å². The standard InChI is InChI=1S/C12H18N4O2/c1-8-4-3-5-10(8)14-12-7-9(16(17)18)6-11(13-2)15-12/h6-8,10H,3-5H2,1-2H3,(H2,13,14,15). The van der Waals surface area contributed by atoms with Crippen LogP contribution in [-0.4, -0.2) is 23.0 Å². The predicted octanol–water partition coefficient (Wildman–Crippen LogP) is 2.63. The summed E-state index contributed by atoms with van der Waals surface area (Å²) in [5.74, 6) is 1.67. The van der Waals surface area contributed by atoms with E-state index in [0.29, 0.717) is 23.6 Å². The normalized spacial score (nSPS) is 22.8. The second-order valence-electron chi connectivity index (χ2n) is 4.76. The molecule has 0 saturated heterocycles. The van der Waals surface area contributed by atoms with Gasteiger partial charge in [0.05, 0.1) is 17.1 Å². The lowest BCUT2D eigenvalue weighted by atomic mass is 10.1. The molecule has 0 spiro atoms. The van der Waals surface area contributed by atoms with Crippen molar-refractivity contribution in [3.05, 3.63) is 22.2 Å². The Morgan fingerprint density at radius 1 is 1.39 bits per heavy atom. The van der Waals surface area contributed by atoms with Crippen LogP contribution in [-0.2, 0) is 0 Å². The van der Waals surface area contributed by atoms with Crippen LogP contribution in [0.2, 0.25) is 0 Å². The average molecular weight is 250 g/mol. The number of nitrogens with zero attached hydrogens (tertiary/aromatic N) is 2. The van der Waals surface area contributed by atoms with Crippen LogP contribution in [0, 0.1) is 16.0 Å². The SMILES string of the molecule is CNc1cc([N+](=O)[O-])cc(NC2CCCC2C)n1. The van der Waals surface area contributed by atoms with Gasteiger partial charge in [0.25, 0.3) is 5.69 Å². The molecule has 18 heavy (non-hydrogen) atoms. The zero-order chi connectivity index (χ0) is 13.1. The lowest BCUT2D eigenvalue weighted by Gasteiger charge is -2.18. The van der Waals surface area contributed by atoms with Gasteiger partial charge in [-0.1, -0.05) is 13.3 Å². The Kier molecular flexibility index (Phi) is 3.64. The third-order valence-corrected chi connectivity index (χ3v) is 3.47. The van der Waals surface area contributed by atoms with Crippen molar-refractivity contribution in [2.24, 2.45) is 5.92 Å². The smallest absolute Gasteiger partial charge is 0.276 e. The molecule has 1 aromatic rings. The van der Waals surface area contributed by atoms with Crippen molar-refractivity contribution in [2.75, 3.05) is 17.7 Å². The largest absolute Gasteiger partial charge is 0.373 e. The summed E-state index contributed by atoms with van der Waals surface area (Å²) in [7, 11) is 1.70.